The lowest BCUT2D eigenvalue weighted by atomic mass is 10.2. The summed E-state index contributed by atoms with van der Waals surface area (Å²) in [5.41, 5.74) is 0.501. The second-order valence-corrected chi connectivity index (χ2v) is 6.67. The number of sulfonamides is 1. The number of hydrogen-bond acceptors (Lipinski definition) is 5. The number of methoxy groups -OCH3 is 3. The van der Waals surface area contributed by atoms with E-state index in [9.17, 15) is 17.2 Å². The van der Waals surface area contributed by atoms with Gasteiger partial charge in [0.1, 0.15) is 16.5 Å². The zero-order valence-corrected chi connectivity index (χ0v) is 14.6. The average molecular weight is 373 g/mol. The zero-order chi connectivity index (χ0) is 18.6. The summed E-state index contributed by atoms with van der Waals surface area (Å²) in [5.74, 6) is -0.965. The van der Waals surface area contributed by atoms with Crippen molar-refractivity contribution < 1.29 is 31.4 Å². The van der Waals surface area contributed by atoms with Crippen molar-refractivity contribution in [2.45, 2.75) is 11.4 Å². The number of hydrogen-bond donors (Lipinski definition) is 1. The molecule has 6 nitrogen and oxygen atoms in total. The van der Waals surface area contributed by atoms with Crippen LogP contribution in [0, 0.1) is 11.6 Å². The standard InChI is InChI=1S/C16H17F2NO5S/c1-22-13-6-10(7-14(23-2)16(13)24-3)9-19-25(20,21)15-5-4-11(17)8-12(15)18/h4-8,19H,9H2,1-3H3. The smallest absolute Gasteiger partial charge is 0.243 e. The van der Waals surface area contributed by atoms with Crippen molar-refractivity contribution in [1.82, 2.24) is 4.72 Å². The number of benzene rings is 2. The van der Waals surface area contributed by atoms with Crippen LogP contribution < -0.4 is 18.9 Å². The number of ether oxygens (including phenoxy) is 3. The van der Waals surface area contributed by atoms with Gasteiger partial charge in [-0.1, -0.05) is 0 Å². The molecule has 0 radical (unpaired) electrons. The van der Waals surface area contributed by atoms with Gasteiger partial charge in [0.15, 0.2) is 11.5 Å². The molecule has 136 valence electrons. The van der Waals surface area contributed by atoms with Crippen LogP contribution in [0.5, 0.6) is 17.2 Å². The van der Waals surface area contributed by atoms with Gasteiger partial charge >= 0.3 is 0 Å². The van der Waals surface area contributed by atoms with E-state index in [-0.39, 0.29) is 6.54 Å². The Kier molecular flexibility index (Phi) is 5.81. The predicted octanol–water partition coefficient (Wildman–Crippen LogP) is 2.47. The summed E-state index contributed by atoms with van der Waals surface area (Å²) in [4.78, 5) is -0.638. The van der Waals surface area contributed by atoms with Crippen molar-refractivity contribution in [3.63, 3.8) is 0 Å². The molecule has 0 bridgehead atoms. The van der Waals surface area contributed by atoms with Gasteiger partial charge in [0.05, 0.1) is 21.3 Å². The van der Waals surface area contributed by atoms with E-state index in [0.717, 1.165) is 12.1 Å². The average Bonchev–Trinajstić information content (AvgIpc) is 2.58. The maximum Gasteiger partial charge on any atom is 0.243 e. The quantitative estimate of drug-likeness (QED) is 0.807. The first-order valence-corrected chi connectivity index (χ1v) is 8.54. The van der Waals surface area contributed by atoms with Gasteiger partial charge in [-0.25, -0.2) is 21.9 Å². The van der Waals surface area contributed by atoms with Crippen LogP contribution in [-0.4, -0.2) is 29.7 Å². The van der Waals surface area contributed by atoms with Gasteiger partial charge in [0.2, 0.25) is 15.8 Å². The molecule has 2 aromatic carbocycles. The number of nitrogens with one attached hydrogen (secondary N) is 1. The topological polar surface area (TPSA) is 73.9 Å². The van der Waals surface area contributed by atoms with Gasteiger partial charge in [-0.05, 0) is 29.8 Å². The summed E-state index contributed by atoms with van der Waals surface area (Å²) in [7, 11) is 0.139. The van der Waals surface area contributed by atoms with Gasteiger partial charge in [0, 0.05) is 12.6 Å². The highest BCUT2D eigenvalue weighted by Gasteiger charge is 2.20. The molecule has 9 heteroatoms. The maximum atomic E-state index is 13.7. The molecule has 1 N–H and O–H groups in total. The Labute approximate surface area is 144 Å². The summed E-state index contributed by atoms with van der Waals surface area (Å²) in [5, 5.41) is 0. The molecular weight excluding hydrogens is 356 g/mol. The zero-order valence-electron chi connectivity index (χ0n) is 13.8. The van der Waals surface area contributed by atoms with E-state index in [0.29, 0.717) is 28.9 Å². The molecule has 0 atom stereocenters. The first-order chi connectivity index (χ1) is 11.8. The molecule has 0 spiro atoms. The lowest BCUT2D eigenvalue weighted by Crippen LogP contribution is -2.24. The fourth-order valence-corrected chi connectivity index (χ4v) is 3.26. The molecule has 0 aliphatic heterocycles. The molecule has 0 unspecified atom stereocenters. The van der Waals surface area contributed by atoms with Crippen LogP contribution >= 0.6 is 0 Å². The summed E-state index contributed by atoms with van der Waals surface area (Å²) >= 11 is 0. The number of rotatable bonds is 7. The maximum absolute atomic E-state index is 13.7. The second-order valence-electron chi connectivity index (χ2n) is 4.93. The minimum Gasteiger partial charge on any atom is -0.493 e. The summed E-state index contributed by atoms with van der Waals surface area (Å²) < 4.78 is 68.8. The minimum atomic E-state index is -4.17. The molecule has 25 heavy (non-hydrogen) atoms. The molecule has 0 saturated carbocycles. The van der Waals surface area contributed by atoms with E-state index in [2.05, 4.69) is 4.72 Å². The van der Waals surface area contributed by atoms with Crippen molar-refractivity contribution in [3.8, 4) is 17.2 Å². The Morgan fingerprint density at radius 2 is 1.56 bits per heavy atom. The molecule has 0 heterocycles. The van der Waals surface area contributed by atoms with Crippen molar-refractivity contribution in [2.75, 3.05) is 21.3 Å². The van der Waals surface area contributed by atoms with Gasteiger partial charge < -0.3 is 14.2 Å². The minimum absolute atomic E-state index is 0.157. The molecule has 0 amide bonds. The largest absolute Gasteiger partial charge is 0.493 e. The Morgan fingerprint density at radius 1 is 0.960 bits per heavy atom. The molecule has 0 fully saturated rings. The number of halogens is 2. The molecule has 2 aromatic rings. The molecule has 0 saturated heterocycles. The Balaban J connectivity index is 2.28. The summed E-state index contributed by atoms with van der Waals surface area (Å²) in [6.07, 6.45) is 0. The van der Waals surface area contributed by atoms with Crippen molar-refractivity contribution >= 4 is 10.0 Å². The first kappa shape index (κ1) is 18.9. The van der Waals surface area contributed by atoms with E-state index >= 15 is 0 Å². The van der Waals surface area contributed by atoms with Gasteiger partial charge in [-0.2, -0.15) is 0 Å². The normalized spacial score (nSPS) is 11.2. The van der Waals surface area contributed by atoms with Gasteiger partial charge in [-0.3, -0.25) is 0 Å². The van der Waals surface area contributed by atoms with Crippen molar-refractivity contribution in [3.05, 3.63) is 47.5 Å². The van der Waals surface area contributed by atoms with E-state index in [1.54, 1.807) is 12.1 Å². The third-order valence-electron chi connectivity index (χ3n) is 3.37. The highest BCUT2D eigenvalue weighted by atomic mass is 32.2. The van der Waals surface area contributed by atoms with Crippen LogP contribution in [0.4, 0.5) is 8.78 Å². The highest BCUT2D eigenvalue weighted by molar-refractivity contribution is 7.89. The molecular formula is C16H17F2NO5S. The third kappa shape index (κ3) is 4.18. The summed E-state index contributed by atoms with van der Waals surface area (Å²) in [6, 6.07) is 5.36. The van der Waals surface area contributed by atoms with Crippen molar-refractivity contribution in [2.24, 2.45) is 0 Å². The lowest BCUT2D eigenvalue weighted by molar-refractivity contribution is 0.323. The van der Waals surface area contributed by atoms with Crippen LogP contribution in [0.1, 0.15) is 5.56 Å². The van der Waals surface area contributed by atoms with Crippen LogP contribution in [0.15, 0.2) is 35.2 Å². The molecule has 0 aliphatic rings. The van der Waals surface area contributed by atoms with Gasteiger partial charge in [0.25, 0.3) is 0 Å². The Hall–Kier alpha value is -2.39. The SMILES string of the molecule is COc1cc(CNS(=O)(=O)c2ccc(F)cc2F)cc(OC)c1OC. The second kappa shape index (κ2) is 7.66. The van der Waals surface area contributed by atoms with Crippen LogP contribution in [-0.2, 0) is 16.6 Å². The van der Waals surface area contributed by atoms with E-state index in [1.807, 2.05) is 0 Å². The third-order valence-corrected chi connectivity index (χ3v) is 4.81. The predicted molar refractivity (Wildman–Crippen MR) is 86.5 cm³/mol. The fraction of sp³-hybridized carbons (Fsp3) is 0.250. The fourth-order valence-electron chi connectivity index (χ4n) is 2.19. The highest BCUT2D eigenvalue weighted by Crippen LogP contribution is 2.38. The monoisotopic (exact) mass is 373 g/mol. The van der Waals surface area contributed by atoms with Crippen LogP contribution in [0.3, 0.4) is 0 Å². The molecule has 0 aromatic heterocycles. The van der Waals surface area contributed by atoms with E-state index in [4.69, 9.17) is 14.2 Å². The van der Waals surface area contributed by atoms with E-state index in [1.165, 1.54) is 21.3 Å². The summed E-state index contributed by atoms with van der Waals surface area (Å²) in [6.45, 7) is -0.157. The lowest BCUT2D eigenvalue weighted by Gasteiger charge is -2.14. The van der Waals surface area contributed by atoms with Crippen molar-refractivity contribution in [1.29, 1.82) is 0 Å². The Morgan fingerprint density at radius 3 is 2.04 bits per heavy atom. The Bertz CT molecular complexity index is 846. The first-order valence-electron chi connectivity index (χ1n) is 7.06. The van der Waals surface area contributed by atoms with E-state index < -0.39 is 26.6 Å². The van der Waals surface area contributed by atoms with Gasteiger partial charge in [-0.15, -0.1) is 0 Å². The molecule has 0 aliphatic carbocycles. The van der Waals surface area contributed by atoms with Crippen LogP contribution in [0.25, 0.3) is 0 Å². The molecule has 2 rings (SSSR count). The van der Waals surface area contributed by atoms with Crippen LogP contribution in [0.2, 0.25) is 0 Å².